The van der Waals surface area contributed by atoms with Crippen molar-refractivity contribution in [2.24, 2.45) is 0 Å². The molecule has 1 atom stereocenters. The van der Waals surface area contributed by atoms with Crippen LogP contribution in [-0.4, -0.2) is 76.5 Å². The molecule has 0 spiro atoms. The standard InChI is InChI=1S/C21H31N5O2/c1-4-23(13-18-3-9-28-17-18)16-21-12-19(22-26(21)5-1)14-24-6-2-20(15-24)25-7-10-27-11-8-25/h3,9,12,17,20H,1-2,4-8,10-11,13-16H2/t20-/m0/s1. The van der Waals surface area contributed by atoms with Crippen LogP contribution in [0.25, 0.3) is 0 Å². The van der Waals surface area contributed by atoms with Crippen LogP contribution < -0.4 is 0 Å². The third kappa shape index (κ3) is 4.17. The molecular weight excluding hydrogens is 354 g/mol. The van der Waals surface area contributed by atoms with Crippen molar-refractivity contribution in [3.63, 3.8) is 0 Å². The molecule has 0 N–H and O–H groups in total. The van der Waals surface area contributed by atoms with Crippen molar-refractivity contribution in [2.75, 3.05) is 45.9 Å². The summed E-state index contributed by atoms with van der Waals surface area (Å²) in [6, 6.07) is 5.08. The molecule has 3 aliphatic rings. The Labute approximate surface area is 166 Å². The fraction of sp³-hybridized carbons (Fsp3) is 0.667. The van der Waals surface area contributed by atoms with Crippen molar-refractivity contribution < 1.29 is 9.15 Å². The largest absolute Gasteiger partial charge is 0.472 e. The Morgan fingerprint density at radius 2 is 1.96 bits per heavy atom. The summed E-state index contributed by atoms with van der Waals surface area (Å²) in [4.78, 5) is 7.69. The van der Waals surface area contributed by atoms with Gasteiger partial charge in [-0.05, 0) is 25.0 Å². The minimum absolute atomic E-state index is 0.690. The zero-order chi connectivity index (χ0) is 18.8. The Balaban J connectivity index is 1.19. The molecule has 0 saturated carbocycles. The molecule has 0 aromatic carbocycles. The van der Waals surface area contributed by atoms with Gasteiger partial charge in [-0.25, -0.2) is 0 Å². The quantitative estimate of drug-likeness (QED) is 0.782. The van der Waals surface area contributed by atoms with Crippen LogP contribution in [0.5, 0.6) is 0 Å². The fourth-order valence-electron chi connectivity index (χ4n) is 4.87. The van der Waals surface area contributed by atoms with E-state index in [0.717, 1.165) is 72.0 Å². The minimum Gasteiger partial charge on any atom is -0.472 e. The van der Waals surface area contributed by atoms with E-state index in [4.69, 9.17) is 14.3 Å². The highest BCUT2D eigenvalue weighted by atomic mass is 16.5. The van der Waals surface area contributed by atoms with E-state index in [1.807, 2.05) is 6.26 Å². The molecule has 2 saturated heterocycles. The molecule has 5 rings (SSSR count). The van der Waals surface area contributed by atoms with Gasteiger partial charge in [-0.2, -0.15) is 5.10 Å². The van der Waals surface area contributed by atoms with Crippen molar-refractivity contribution in [1.82, 2.24) is 24.5 Å². The lowest BCUT2D eigenvalue weighted by atomic mass is 10.2. The zero-order valence-corrected chi connectivity index (χ0v) is 16.6. The van der Waals surface area contributed by atoms with Gasteiger partial charge in [-0.3, -0.25) is 19.4 Å². The number of aryl methyl sites for hydroxylation is 1. The summed E-state index contributed by atoms with van der Waals surface area (Å²) in [7, 11) is 0. The van der Waals surface area contributed by atoms with E-state index in [1.165, 1.54) is 29.9 Å². The summed E-state index contributed by atoms with van der Waals surface area (Å²) in [6.07, 6.45) is 6.03. The van der Waals surface area contributed by atoms with Gasteiger partial charge in [0, 0.05) is 70.5 Å². The average Bonchev–Trinajstić information content (AvgIpc) is 3.44. The highest BCUT2D eigenvalue weighted by Gasteiger charge is 2.29. The van der Waals surface area contributed by atoms with Crippen molar-refractivity contribution in [2.45, 2.75) is 45.1 Å². The number of morpholine rings is 1. The molecule has 3 aliphatic heterocycles. The maximum atomic E-state index is 5.50. The van der Waals surface area contributed by atoms with E-state index in [9.17, 15) is 0 Å². The summed E-state index contributed by atoms with van der Waals surface area (Å²) < 4.78 is 13.0. The van der Waals surface area contributed by atoms with E-state index in [1.54, 1.807) is 6.26 Å². The molecule has 7 nitrogen and oxygen atoms in total. The second-order valence-corrected chi connectivity index (χ2v) is 8.37. The summed E-state index contributed by atoms with van der Waals surface area (Å²) in [5.74, 6) is 0. The molecule has 0 bridgehead atoms. The van der Waals surface area contributed by atoms with Crippen LogP contribution in [0, 0.1) is 0 Å². The topological polar surface area (TPSA) is 49.9 Å². The first-order valence-electron chi connectivity index (χ1n) is 10.7. The molecule has 7 heteroatoms. The Kier molecular flexibility index (Phi) is 5.49. The predicted molar refractivity (Wildman–Crippen MR) is 106 cm³/mol. The van der Waals surface area contributed by atoms with Gasteiger partial charge in [-0.1, -0.05) is 0 Å². The van der Waals surface area contributed by atoms with Gasteiger partial charge >= 0.3 is 0 Å². The lowest BCUT2D eigenvalue weighted by molar-refractivity contribution is 0.0183. The fourth-order valence-corrected chi connectivity index (χ4v) is 4.87. The first-order valence-corrected chi connectivity index (χ1v) is 10.7. The third-order valence-electron chi connectivity index (χ3n) is 6.33. The normalized spacial score (nSPS) is 25.1. The van der Waals surface area contributed by atoms with Gasteiger partial charge in [0.2, 0.25) is 0 Å². The highest BCUT2D eigenvalue weighted by molar-refractivity contribution is 5.13. The van der Waals surface area contributed by atoms with E-state index >= 15 is 0 Å². The number of fused-ring (bicyclic) bond motifs is 1. The summed E-state index contributed by atoms with van der Waals surface area (Å²) in [5.41, 5.74) is 3.82. The van der Waals surface area contributed by atoms with Crippen molar-refractivity contribution in [3.05, 3.63) is 41.6 Å². The first-order chi connectivity index (χ1) is 13.8. The Morgan fingerprint density at radius 1 is 1.04 bits per heavy atom. The second-order valence-electron chi connectivity index (χ2n) is 8.37. The lowest BCUT2D eigenvalue weighted by Gasteiger charge is -2.32. The van der Waals surface area contributed by atoms with Crippen LogP contribution in [0.15, 0.2) is 29.1 Å². The third-order valence-corrected chi connectivity index (χ3v) is 6.33. The summed E-state index contributed by atoms with van der Waals surface area (Å²) in [6.45, 7) is 11.3. The summed E-state index contributed by atoms with van der Waals surface area (Å²) >= 11 is 0. The molecular formula is C21H31N5O2. The zero-order valence-electron chi connectivity index (χ0n) is 16.6. The molecule has 0 aliphatic carbocycles. The van der Waals surface area contributed by atoms with Crippen molar-refractivity contribution in [1.29, 1.82) is 0 Å². The Hall–Kier alpha value is -1.67. The maximum absolute atomic E-state index is 5.50. The number of aromatic nitrogens is 2. The average molecular weight is 386 g/mol. The lowest BCUT2D eigenvalue weighted by Crippen LogP contribution is -2.44. The number of ether oxygens (including phenoxy) is 1. The molecule has 5 heterocycles. The van der Waals surface area contributed by atoms with Gasteiger partial charge in [-0.15, -0.1) is 0 Å². The van der Waals surface area contributed by atoms with E-state index in [2.05, 4.69) is 31.5 Å². The van der Waals surface area contributed by atoms with Crippen LogP contribution in [0.3, 0.4) is 0 Å². The van der Waals surface area contributed by atoms with Gasteiger partial charge in [0.15, 0.2) is 0 Å². The molecule has 2 aromatic heterocycles. The maximum Gasteiger partial charge on any atom is 0.0947 e. The summed E-state index contributed by atoms with van der Waals surface area (Å²) in [5, 5.41) is 4.94. The number of nitrogens with zero attached hydrogens (tertiary/aromatic N) is 5. The molecule has 0 unspecified atom stereocenters. The van der Waals surface area contributed by atoms with Crippen molar-refractivity contribution >= 4 is 0 Å². The number of rotatable bonds is 5. The number of likely N-dealkylation sites (tertiary alicyclic amines) is 1. The van der Waals surface area contributed by atoms with Crippen LogP contribution >= 0.6 is 0 Å². The van der Waals surface area contributed by atoms with Crippen LogP contribution in [0.1, 0.15) is 29.8 Å². The molecule has 2 fully saturated rings. The van der Waals surface area contributed by atoms with Crippen LogP contribution in [0.2, 0.25) is 0 Å². The molecule has 28 heavy (non-hydrogen) atoms. The van der Waals surface area contributed by atoms with Gasteiger partial charge in [0.25, 0.3) is 0 Å². The van der Waals surface area contributed by atoms with Gasteiger partial charge < -0.3 is 9.15 Å². The Morgan fingerprint density at radius 3 is 2.82 bits per heavy atom. The first kappa shape index (κ1) is 18.4. The van der Waals surface area contributed by atoms with Gasteiger partial charge in [0.05, 0.1) is 37.1 Å². The monoisotopic (exact) mass is 385 g/mol. The van der Waals surface area contributed by atoms with E-state index in [-0.39, 0.29) is 0 Å². The highest BCUT2D eigenvalue weighted by Crippen LogP contribution is 2.21. The number of hydrogen-bond acceptors (Lipinski definition) is 6. The van der Waals surface area contributed by atoms with E-state index in [0.29, 0.717) is 6.04 Å². The second kappa shape index (κ2) is 8.37. The number of hydrogen-bond donors (Lipinski definition) is 0. The molecule has 2 aromatic rings. The smallest absolute Gasteiger partial charge is 0.0947 e. The van der Waals surface area contributed by atoms with Crippen molar-refractivity contribution in [3.8, 4) is 0 Å². The van der Waals surface area contributed by atoms with E-state index < -0.39 is 0 Å². The minimum atomic E-state index is 0.690. The Bertz CT molecular complexity index is 753. The van der Waals surface area contributed by atoms with Gasteiger partial charge in [0.1, 0.15) is 0 Å². The molecule has 0 radical (unpaired) electrons. The predicted octanol–water partition coefficient (Wildman–Crippen LogP) is 1.79. The molecule has 152 valence electrons. The number of furan rings is 1. The molecule has 0 amide bonds. The SMILES string of the molecule is c1cc(CN2CCCn3nc(CN4CC[C@H](N5CCOCC5)C4)cc3C2)co1. The van der Waals surface area contributed by atoms with Crippen LogP contribution in [-0.2, 0) is 30.9 Å². The van der Waals surface area contributed by atoms with Crippen LogP contribution in [0.4, 0.5) is 0 Å².